The summed E-state index contributed by atoms with van der Waals surface area (Å²) in [5, 5.41) is 7.39. The number of ether oxygens (including phenoxy) is 3. The Morgan fingerprint density at radius 1 is 1.09 bits per heavy atom. The number of carbonyl (C=O) groups excluding carboxylic acids is 3. The zero-order valence-corrected chi connectivity index (χ0v) is 22.7. The second-order valence-corrected chi connectivity index (χ2v) is 9.32. The lowest BCUT2D eigenvalue weighted by atomic mass is 10.1. The van der Waals surface area contributed by atoms with E-state index in [1.165, 1.54) is 7.11 Å². The van der Waals surface area contributed by atoms with Gasteiger partial charge in [-0.1, -0.05) is 24.3 Å². The van der Waals surface area contributed by atoms with E-state index in [1.807, 2.05) is 24.3 Å². The molecule has 3 aromatic rings. The van der Waals surface area contributed by atoms with Gasteiger partial charge < -0.3 is 19.5 Å². The Hall–Kier alpha value is -3.02. The van der Waals surface area contributed by atoms with E-state index < -0.39 is 17.8 Å². The molecular formula is C24H23BrN2O6S2. The van der Waals surface area contributed by atoms with Gasteiger partial charge in [-0.3, -0.25) is 10.1 Å². The molecule has 1 aromatic heterocycles. The van der Waals surface area contributed by atoms with Gasteiger partial charge in [0.25, 0.3) is 5.91 Å². The Bertz CT molecular complexity index is 1320. The van der Waals surface area contributed by atoms with Crippen LogP contribution in [0.2, 0.25) is 0 Å². The number of thiophene rings is 1. The zero-order valence-electron chi connectivity index (χ0n) is 19.4. The van der Waals surface area contributed by atoms with E-state index in [0.29, 0.717) is 15.8 Å². The first-order valence-electron chi connectivity index (χ1n) is 10.6. The Balaban J connectivity index is 1.91. The minimum atomic E-state index is -0.617. The van der Waals surface area contributed by atoms with Crippen LogP contribution in [0.15, 0.2) is 34.8 Å². The van der Waals surface area contributed by atoms with Crippen molar-refractivity contribution < 1.29 is 28.6 Å². The van der Waals surface area contributed by atoms with Gasteiger partial charge >= 0.3 is 11.9 Å². The lowest BCUT2D eigenvalue weighted by Crippen LogP contribution is -2.34. The fraction of sp³-hybridized carbons (Fsp3) is 0.250. The fourth-order valence-electron chi connectivity index (χ4n) is 3.40. The maximum absolute atomic E-state index is 13.1. The summed E-state index contributed by atoms with van der Waals surface area (Å²) in [4.78, 5) is 38.3. The van der Waals surface area contributed by atoms with Gasteiger partial charge in [-0.05, 0) is 71.3 Å². The Morgan fingerprint density at radius 3 is 2.40 bits per heavy atom. The SMILES string of the molecule is CCOC(=O)c1sc(NC(=S)NC(=O)c2cc3ccccc3c(Br)c2OC)c(C(=O)OCC)c1C. The molecule has 2 N–H and O–H groups in total. The molecule has 11 heteroatoms. The normalized spacial score (nSPS) is 10.5. The van der Waals surface area contributed by atoms with Crippen LogP contribution < -0.4 is 15.4 Å². The van der Waals surface area contributed by atoms with E-state index in [9.17, 15) is 14.4 Å². The van der Waals surface area contributed by atoms with Crippen molar-refractivity contribution in [1.29, 1.82) is 0 Å². The summed E-state index contributed by atoms with van der Waals surface area (Å²) >= 11 is 9.85. The lowest BCUT2D eigenvalue weighted by Gasteiger charge is -2.14. The first-order valence-corrected chi connectivity index (χ1v) is 12.6. The molecule has 0 spiro atoms. The number of fused-ring (bicyclic) bond motifs is 1. The van der Waals surface area contributed by atoms with Gasteiger partial charge in [-0.25, -0.2) is 9.59 Å². The zero-order chi connectivity index (χ0) is 25.7. The molecule has 1 amide bonds. The quantitative estimate of drug-likeness (QED) is 0.281. The molecule has 2 aromatic carbocycles. The number of benzene rings is 2. The predicted octanol–water partition coefficient (Wildman–Crippen LogP) is 5.46. The second kappa shape index (κ2) is 11.6. The van der Waals surface area contributed by atoms with Crippen LogP contribution in [0.5, 0.6) is 5.75 Å². The highest BCUT2D eigenvalue weighted by atomic mass is 79.9. The van der Waals surface area contributed by atoms with E-state index in [4.69, 9.17) is 26.4 Å². The first kappa shape index (κ1) is 26.6. The Labute approximate surface area is 220 Å². The number of nitrogens with one attached hydrogen (secondary N) is 2. The van der Waals surface area contributed by atoms with Crippen molar-refractivity contribution in [2.24, 2.45) is 0 Å². The maximum atomic E-state index is 13.1. The van der Waals surface area contributed by atoms with Gasteiger partial charge in [0.15, 0.2) is 5.11 Å². The summed E-state index contributed by atoms with van der Waals surface area (Å²) < 4.78 is 16.3. The van der Waals surface area contributed by atoms with E-state index in [0.717, 1.165) is 22.1 Å². The molecule has 3 rings (SSSR count). The van der Waals surface area contributed by atoms with Crippen LogP contribution in [0.3, 0.4) is 0 Å². The van der Waals surface area contributed by atoms with Crippen molar-refractivity contribution in [2.75, 3.05) is 25.6 Å². The highest BCUT2D eigenvalue weighted by Gasteiger charge is 2.27. The van der Waals surface area contributed by atoms with Crippen LogP contribution in [0.1, 0.15) is 49.8 Å². The van der Waals surface area contributed by atoms with E-state index in [2.05, 4.69) is 26.6 Å². The summed E-state index contributed by atoms with van der Waals surface area (Å²) in [6.07, 6.45) is 0. The number of hydrogen-bond acceptors (Lipinski definition) is 8. The van der Waals surface area contributed by atoms with Gasteiger partial charge in [0.1, 0.15) is 15.6 Å². The van der Waals surface area contributed by atoms with Crippen LogP contribution in [-0.4, -0.2) is 43.3 Å². The first-order chi connectivity index (χ1) is 16.7. The summed E-state index contributed by atoms with van der Waals surface area (Å²) in [5.74, 6) is -1.34. The van der Waals surface area contributed by atoms with E-state index in [-0.39, 0.29) is 39.3 Å². The number of anilines is 1. The third-order valence-corrected chi connectivity index (χ3v) is 7.11. The molecule has 0 aliphatic rings. The van der Waals surface area contributed by atoms with Gasteiger partial charge in [0.2, 0.25) is 0 Å². The molecule has 0 saturated heterocycles. The van der Waals surface area contributed by atoms with Crippen molar-refractivity contribution >= 4 is 78.2 Å². The number of hydrogen-bond donors (Lipinski definition) is 2. The molecular weight excluding hydrogens is 556 g/mol. The maximum Gasteiger partial charge on any atom is 0.348 e. The molecule has 8 nitrogen and oxygen atoms in total. The number of methoxy groups -OCH3 is 1. The summed E-state index contributed by atoms with van der Waals surface area (Å²) in [6.45, 7) is 5.33. The molecule has 1 heterocycles. The number of amides is 1. The highest BCUT2D eigenvalue weighted by Crippen LogP contribution is 2.37. The topological polar surface area (TPSA) is 103 Å². The van der Waals surface area contributed by atoms with Crippen molar-refractivity contribution in [3.05, 3.63) is 56.4 Å². The molecule has 0 fully saturated rings. The van der Waals surface area contributed by atoms with E-state index >= 15 is 0 Å². The van der Waals surface area contributed by atoms with Gasteiger partial charge in [0, 0.05) is 0 Å². The summed E-state index contributed by atoms with van der Waals surface area (Å²) in [6, 6.07) is 9.25. The van der Waals surface area contributed by atoms with Crippen molar-refractivity contribution in [2.45, 2.75) is 20.8 Å². The number of esters is 2. The average molecular weight is 579 g/mol. The molecule has 35 heavy (non-hydrogen) atoms. The Morgan fingerprint density at radius 2 is 1.74 bits per heavy atom. The molecule has 0 saturated carbocycles. The van der Waals surface area contributed by atoms with Crippen LogP contribution in [0.25, 0.3) is 10.8 Å². The number of halogens is 1. The summed E-state index contributed by atoms with van der Waals surface area (Å²) in [7, 11) is 1.47. The third-order valence-electron chi connectivity index (χ3n) is 4.93. The highest BCUT2D eigenvalue weighted by molar-refractivity contribution is 9.10. The van der Waals surface area contributed by atoms with Crippen LogP contribution >= 0.6 is 39.5 Å². The standard InChI is InChI=1S/C24H23BrN2O6S2/c1-5-32-22(29)16-12(3)19(23(30)33-6-2)35-21(16)27-24(34)26-20(28)15-11-13-9-7-8-10-14(13)17(25)18(15)31-4/h7-11H,5-6H2,1-4H3,(H2,26,27,28,34). The van der Waals surface area contributed by atoms with Gasteiger partial charge in [0.05, 0.1) is 35.9 Å². The van der Waals surface area contributed by atoms with Crippen molar-refractivity contribution in [3.8, 4) is 5.75 Å². The van der Waals surface area contributed by atoms with Crippen LogP contribution in [0, 0.1) is 6.92 Å². The largest absolute Gasteiger partial charge is 0.495 e. The molecule has 0 bridgehead atoms. The van der Waals surface area contributed by atoms with Crippen LogP contribution in [0.4, 0.5) is 5.00 Å². The van der Waals surface area contributed by atoms with E-state index in [1.54, 1.807) is 26.8 Å². The number of rotatable bonds is 7. The molecule has 0 unspecified atom stereocenters. The lowest BCUT2D eigenvalue weighted by molar-refractivity contribution is 0.0527. The molecule has 0 aliphatic heterocycles. The molecule has 0 aliphatic carbocycles. The smallest absolute Gasteiger partial charge is 0.348 e. The molecule has 0 radical (unpaired) electrons. The monoisotopic (exact) mass is 578 g/mol. The number of carbonyl (C=O) groups is 3. The number of thiocarbonyl (C=S) groups is 1. The average Bonchev–Trinajstić information content (AvgIpc) is 3.14. The fourth-order valence-corrected chi connectivity index (χ4v) is 5.49. The minimum absolute atomic E-state index is 0.0662. The molecule has 0 atom stereocenters. The predicted molar refractivity (Wildman–Crippen MR) is 143 cm³/mol. The summed E-state index contributed by atoms with van der Waals surface area (Å²) in [5.41, 5.74) is 0.827. The van der Waals surface area contributed by atoms with Crippen molar-refractivity contribution in [3.63, 3.8) is 0 Å². The Kier molecular flexibility index (Phi) is 8.82. The van der Waals surface area contributed by atoms with Crippen molar-refractivity contribution in [1.82, 2.24) is 5.32 Å². The third kappa shape index (κ3) is 5.63. The minimum Gasteiger partial charge on any atom is -0.495 e. The second-order valence-electron chi connectivity index (χ2n) is 7.10. The molecule has 184 valence electrons. The van der Waals surface area contributed by atoms with Gasteiger partial charge in [-0.2, -0.15) is 0 Å². The van der Waals surface area contributed by atoms with Gasteiger partial charge in [-0.15, -0.1) is 11.3 Å². The van der Waals surface area contributed by atoms with Crippen LogP contribution in [-0.2, 0) is 9.47 Å².